The molecule has 0 aromatic rings. The number of ketones is 1. The quantitative estimate of drug-likeness (QED) is 0.509. The van der Waals surface area contributed by atoms with E-state index in [2.05, 4.69) is 6.92 Å². The molecule has 0 heterocycles. The van der Waals surface area contributed by atoms with Gasteiger partial charge in [-0.25, -0.2) is 4.79 Å². The van der Waals surface area contributed by atoms with Gasteiger partial charge < -0.3 is 19.5 Å². The maximum atomic E-state index is 13.4. The summed E-state index contributed by atoms with van der Waals surface area (Å²) in [6, 6.07) is 0. The summed E-state index contributed by atoms with van der Waals surface area (Å²) in [4.78, 5) is 40.5. The Labute approximate surface area is 191 Å². The smallest absolute Gasteiger partial charge is 0.330 e. The van der Waals surface area contributed by atoms with Crippen molar-refractivity contribution in [2.24, 2.45) is 34.5 Å². The van der Waals surface area contributed by atoms with Gasteiger partial charge in [-0.3, -0.25) is 9.59 Å². The summed E-state index contributed by atoms with van der Waals surface area (Å²) >= 11 is 0. The van der Waals surface area contributed by atoms with E-state index in [1.807, 2.05) is 25.9 Å². The van der Waals surface area contributed by atoms with Gasteiger partial charge in [0.1, 0.15) is 12.4 Å². The minimum atomic E-state index is -1.09. The van der Waals surface area contributed by atoms with E-state index in [9.17, 15) is 19.5 Å². The van der Waals surface area contributed by atoms with Crippen molar-refractivity contribution >= 4 is 17.7 Å². The molecule has 7 heteroatoms. The number of carbonyl (C=O) groups is 3. The summed E-state index contributed by atoms with van der Waals surface area (Å²) in [5.74, 6) is -1.02. The molecule has 0 spiro atoms. The third kappa shape index (κ3) is 4.14. The maximum absolute atomic E-state index is 13.4. The number of methoxy groups -OCH3 is 1. The second kappa shape index (κ2) is 9.26. The van der Waals surface area contributed by atoms with Gasteiger partial charge in [0.25, 0.3) is 0 Å². The lowest BCUT2D eigenvalue weighted by Crippen LogP contribution is -2.63. The van der Waals surface area contributed by atoms with Crippen LogP contribution in [0.25, 0.3) is 0 Å². The molecule has 0 aromatic heterocycles. The number of carbonyl (C=O) groups excluding carboxylic acids is 3. The Kier molecular flexibility index (Phi) is 7.20. The molecule has 0 aliphatic heterocycles. The first-order valence-corrected chi connectivity index (χ1v) is 11.8. The molecule has 32 heavy (non-hydrogen) atoms. The van der Waals surface area contributed by atoms with E-state index < -0.39 is 17.5 Å². The molecule has 0 saturated heterocycles. The van der Waals surface area contributed by atoms with Crippen LogP contribution >= 0.6 is 0 Å². The van der Waals surface area contributed by atoms with Crippen molar-refractivity contribution in [2.45, 2.75) is 59.0 Å². The molecule has 0 amide bonds. The Bertz CT molecular complexity index is 791. The van der Waals surface area contributed by atoms with Crippen LogP contribution in [-0.2, 0) is 23.9 Å². The Morgan fingerprint density at radius 1 is 1.25 bits per heavy atom. The first kappa shape index (κ1) is 24.9. The molecule has 0 bridgehead atoms. The molecule has 7 nitrogen and oxygen atoms in total. The summed E-state index contributed by atoms with van der Waals surface area (Å²) in [6.07, 6.45) is 3.84. The van der Waals surface area contributed by atoms with Crippen LogP contribution in [0.15, 0.2) is 11.6 Å². The van der Waals surface area contributed by atoms with E-state index in [0.717, 1.165) is 24.8 Å². The van der Waals surface area contributed by atoms with Crippen molar-refractivity contribution in [2.75, 3.05) is 34.4 Å². The maximum Gasteiger partial charge on any atom is 0.330 e. The zero-order valence-corrected chi connectivity index (χ0v) is 20.3. The first-order chi connectivity index (χ1) is 15.0. The van der Waals surface area contributed by atoms with Crippen LogP contribution in [0.1, 0.15) is 52.9 Å². The number of likely N-dealkylation sites (N-methyl/N-ethyl adjacent to an activating group) is 1. The highest BCUT2D eigenvalue weighted by Gasteiger charge is 2.65. The van der Waals surface area contributed by atoms with Crippen LogP contribution in [0.3, 0.4) is 0 Å². The Morgan fingerprint density at radius 2 is 1.94 bits per heavy atom. The van der Waals surface area contributed by atoms with Crippen molar-refractivity contribution in [1.82, 2.24) is 4.90 Å². The highest BCUT2D eigenvalue weighted by atomic mass is 16.5. The number of fused-ring (bicyclic) bond motifs is 3. The van der Waals surface area contributed by atoms with Gasteiger partial charge in [-0.15, -0.1) is 0 Å². The Hall–Kier alpha value is -1.73. The number of rotatable bonds is 5. The largest absolute Gasteiger partial charge is 0.469 e. The number of aliphatic hydroxyl groups is 1. The lowest BCUT2D eigenvalue weighted by molar-refractivity contribution is -0.197. The number of Topliss-reactive ketones (excluding diaryl/α,β-unsaturated/α-hetero) is 1. The van der Waals surface area contributed by atoms with Crippen molar-refractivity contribution < 1.29 is 29.0 Å². The standard InChI is InChI=1S/C25H39NO6/c1-15-16(13-21(29)32-12-11-26(4)5)7-8-17-22(15)18(27)14-19-24(17,2)10-9-20(28)25(19,3)23(30)31-6/h13,15,17,19-20,22,28H,7-12,14H2,1-6H3/b16-13+/t15-,17-,19+,20-,22-,24+,25+/m0/s1. The highest BCUT2D eigenvalue weighted by molar-refractivity contribution is 5.87. The average molecular weight is 450 g/mol. The molecule has 1 N–H and O–H groups in total. The second-order valence-electron chi connectivity index (χ2n) is 10.7. The van der Waals surface area contributed by atoms with Gasteiger partial charge >= 0.3 is 11.9 Å². The molecule has 3 aliphatic rings. The molecule has 0 aromatic carbocycles. The van der Waals surface area contributed by atoms with E-state index in [1.54, 1.807) is 13.0 Å². The van der Waals surface area contributed by atoms with E-state index in [0.29, 0.717) is 19.6 Å². The number of hydrogen-bond donors (Lipinski definition) is 1. The lowest BCUT2D eigenvalue weighted by Gasteiger charge is -2.61. The van der Waals surface area contributed by atoms with E-state index in [4.69, 9.17) is 9.47 Å². The molecule has 3 rings (SSSR count). The van der Waals surface area contributed by atoms with Gasteiger partial charge in [0.05, 0.1) is 18.6 Å². The van der Waals surface area contributed by atoms with E-state index in [-0.39, 0.29) is 47.3 Å². The summed E-state index contributed by atoms with van der Waals surface area (Å²) < 4.78 is 10.4. The normalized spacial score (nSPS) is 40.6. The number of nitrogens with zero attached hydrogens (tertiary/aromatic N) is 1. The third-order valence-corrected chi connectivity index (χ3v) is 8.81. The molecule has 180 valence electrons. The fourth-order valence-electron chi connectivity index (χ4n) is 6.84. The van der Waals surface area contributed by atoms with Gasteiger partial charge in [0, 0.05) is 25.0 Å². The molecular formula is C25H39NO6. The number of aliphatic hydroxyl groups excluding tert-OH is 1. The Balaban J connectivity index is 1.84. The lowest BCUT2D eigenvalue weighted by atomic mass is 9.42. The Morgan fingerprint density at radius 3 is 2.56 bits per heavy atom. The highest BCUT2D eigenvalue weighted by Crippen LogP contribution is 2.64. The number of hydrogen-bond acceptors (Lipinski definition) is 7. The average Bonchev–Trinajstić information content (AvgIpc) is 2.73. The van der Waals surface area contributed by atoms with Crippen LogP contribution in [0.5, 0.6) is 0 Å². The van der Waals surface area contributed by atoms with Gasteiger partial charge in [0.2, 0.25) is 0 Å². The van der Waals surface area contributed by atoms with E-state index in [1.165, 1.54) is 7.11 Å². The van der Waals surface area contributed by atoms with Gasteiger partial charge in [0.15, 0.2) is 0 Å². The number of ether oxygens (including phenoxy) is 2. The van der Waals surface area contributed by atoms with Crippen LogP contribution in [0.4, 0.5) is 0 Å². The summed E-state index contributed by atoms with van der Waals surface area (Å²) in [7, 11) is 5.19. The predicted octanol–water partition coefficient (Wildman–Crippen LogP) is 2.61. The molecule has 3 fully saturated rings. The van der Waals surface area contributed by atoms with E-state index >= 15 is 0 Å². The second-order valence-corrected chi connectivity index (χ2v) is 10.7. The van der Waals surface area contributed by atoms with Gasteiger partial charge in [-0.1, -0.05) is 19.4 Å². The van der Waals surface area contributed by atoms with Crippen LogP contribution < -0.4 is 0 Å². The van der Waals surface area contributed by atoms with Crippen molar-refractivity contribution in [3.8, 4) is 0 Å². The first-order valence-electron chi connectivity index (χ1n) is 11.8. The van der Waals surface area contributed by atoms with Gasteiger partial charge in [-0.2, -0.15) is 0 Å². The summed E-state index contributed by atoms with van der Waals surface area (Å²) in [5.41, 5.74) is -0.354. The minimum Gasteiger partial charge on any atom is -0.469 e. The van der Waals surface area contributed by atoms with Crippen molar-refractivity contribution in [3.63, 3.8) is 0 Å². The van der Waals surface area contributed by atoms with Crippen molar-refractivity contribution in [3.05, 3.63) is 11.6 Å². The third-order valence-electron chi connectivity index (χ3n) is 8.81. The van der Waals surface area contributed by atoms with Crippen LogP contribution in [-0.4, -0.2) is 68.2 Å². The number of allylic oxidation sites excluding steroid dienone is 1. The topological polar surface area (TPSA) is 93.1 Å². The monoisotopic (exact) mass is 449 g/mol. The van der Waals surface area contributed by atoms with Crippen molar-refractivity contribution in [1.29, 1.82) is 0 Å². The molecule has 7 atom stereocenters. The summed E-state index contributed by atoms with van der Waals surface area (Å²) in [6.45, 7) is 6.99. The fourth-order valence-corrected chi connectivity index (χ4v) is 6.84. The zero-order chi connectivity index (χ0) is 23.8. The SMILES string of the molecule is COC(=O)[C@]1(C)[C@@H]2CC(=O)[C@H]3[C@@H](C)/C(=C/C(=O)OCCN(C)C)CC[C@@H]3[C@@]2(C)CC[C@@H]1O. The predicted molar refractivity (Wildman–Crippen MR) is 120 cm³/mol. The molecule has 3 aliphatic carbocycles. The van der Waals surface area contributed by atoms with Crippen LogP contribution in [0.2, 0.25) is 0 Å². The molecule has 0 radical (unpaired) electrons. The fraction of sp³-hybridized carbons (Fsp3) is 0.800. The zero-order valence-electron chi connectivity index (χ0n) is 20.3. The van der Waals surface area contributed by atoms with Crippen LogP contribution in [0, 0.1) is 34.5 Å². The minimum absolute atomic E-state index is 0.0448. The number of esters is 2. The molecular weight excluding hydrogens is 410 g/mol. The van der Waals surface area contributed by atoms with Gasteiger partial charge in [-0.05, 0) is 69.9 Å². The molecule has 3 saturated carbocycles. The molecule has 0 unspecified atom stereocenters. The summed E-state index contributed by atoms with van der Waals surface area (Å²) in [5, 5.41) is 10.8.